The number of rotatable bonds is 3. The number of oxazole rings is 1. The van der Waals surface area contributed by atoms with Crippen LogP contribution in [0.5, 0.6) is 11.5 Å². The fraction of sp³-hybridized carbons (Fsp3) is 0.296. The van der Waals surface area contributed by atoms with Crippen molar-refractivity contribution in [1.82, 2.24) is 14.5 Å². The monoisotopic (exact) mass is 471 g/mol. The van der Waals surface area contributed by atoms with Gasteiger partial charge in [0.25, 0.3) is 0 Å². The maximum Gasteiger partial charge on any atom is 0.231 e. The van der Waals surface area contributed by atoms with Crippen LogP contribution >= 0.6 is 0 Å². The molecule has 4 heterocycles. The molecule has 2 aliphatic rings. The van der Waals surface area contributed by atoms with Crippen molar-refractivity contribution in [3.63, 3.8) is 0 Å². The number of aromatic nitrogens is 2. The van der Waals surface area contributed by atoms with Crippen LogP contribution in [0.25, 0.3) is 33.5 Å². The third kappa shape index (κ3) is 3.65. The normalized spacial score (nSPS) is 15.7. The first-order chi connectivity index (χ1) is 17.0. The van der Waals surface area contributed by atoms with E-state index in [2.05, 4.69) is 0 Å². The van der Waals surface area contributed by atoms with Crippen molar-refractivity contribution in [1.29, 1.82) is 0 Å². The second-order valence-electron chi connectivity index (χ2n) is 9.03. The summed E-state index contributed by atoms with van der Waals surface area (Å²) in [5, 5.41) is 0.916. The summed E-state index contributed by atoms with van der Waals surface area (Å²) in [6.45, 7) is 4.70. The second-order valence-corrected chi connectivity index (χ2v) is 9.03. The van der Waals surface area contributed by atoms with Crippen molar-refractivity contribution in [2.24, 2.45) is 0 Å². The van der Waals surface area contributed by atoms with Crippen LogP contribution < -0.4 is 9.47 Å². The molecule has 178 valence electrons. The summed E-state index contributed by atoms with van der Waals surface area (Å²) in [4.78, 5) is 31.0. The van der Waals surface area contributed by atoms with Crippen LogP contribution in [0.1, 0.15) is 43.3 Å². The highest BCUT2D eigenvalue weighted by Gasteiger charge is 2.29. The molecular formula is C27H25N3O5. The van der Waals surface area contributed by atoms with E-state index in [0.29, 0.717) is 41.9 Å². The number of benzene rings is 2. The van der Waals surface area contributed by atoms with Crippen molar-refractivity contribution >= 4 is 22.7 Å². The van der Waals surface area contributed by atoms with Crippen molar-refractivity contribution in [2.45, 2.75) is 32.6 Å². The number of amides is 1. The van der Waals surface area contributed by atoms with Crippen LogP contribution in [0, 0.1) is 0 Å². The highest BCUT2D eigenvalue weighted by Crippen LogP contribution is 2.43. The summed E-state index contributed by atoms with van der Waals surface area (Å²) < 4.78 is 19.2. The molecule has 6 rings (SSSR count). The van der Waals surface area contributed by atoms with Gasteiger partial charge in [0.15, 0.2) is 23.1 Å². The lowest BCUT2D eigenvalue weighted by molar-refractivity contribution is -0.129. The van der Waals surface area contributed by atoms with Gasteiger partial charge in [-0.1, -0.05) is 18.2 Å². The molecule has 2 aliphatic heterocycles. The number of para-hydroxylation sites is 1. The Bertz CT molecular complexity index is 1460. The average molecular weight is 472 g/mol. The molecule has 2 aromatic heterocycles. The number of carbonyl (C=O) groups is 2. The van der Waals surface area contributed by atoms with Crippen molar-refractivity contribution in [3.8, 4) is 34.1 Å². The van der Waals surface area contributed by atoms with E-state index in [4.69, 9.17) is 18.9 Å². The molecule has 1 saturated heterocycles. The minimum absolute atomic E-state index is 0.0755. The molecule has 4 aromatic rings. The number of hydrogen-bond acceptors (Lipinski definition) is 6. The topological polar surface area (TPSA) is 86.8 Å². The van der Waals surface area contributed by atoms with Gasteiger partial charge in [-0.2, -0.15) is 0 Å². The predicted octanol–water partition coefficient (Wildman–Crippen LogP) is 5.08. The van der Waals surface area contributed by atoms with Gasteiger partial charge in [0, 0.05) is 55.6 Å². The van der Waals surface area contributed by atoms with Crippen LogP contribution in [0.3, 0.4) is 0 Å². The van der Waals surface area contributed by atoms with E-state index in [-0.39, 0.29) is 24.5 Å². The van der Waals surface area contributed by atoms with E-state index in [9.17, 15) is 9.59 Å². The Morgan fingerprint density at radius 2 is 1.74 bits per heavy atom. The van der Waals surface area contributed by atoms with Crippen molar-refractivity contribution < 1.29 is 23.5 Å². The zero-order chi connectivity index (χ0) is 24.1. The number of piperidine rings is 1. The third-order valence-electron chi connectivity index (χ3n) is 6.88. The summed E-state index contributed by atoms with van der Waals surface area (Å²) in [7, 11) is 0. The van der Waals surface area contributed by atoms with Gasteiger partial charge in [0.05, 0.1) is 5.52 Å². The lowest BCUT2D eigenvalue weighted by atomic mass is 9.97. The Morgan fingerprint density at radius 1 is 0.971 bits per heavy atom. The van der Waals surface area contributed by atoms with E-state index in [1.165, 1.54) is 0 Å². The Morgan fingerprint density at radius 3 is 2.51 bits per heavy atom. The van der Waals surface area contributed by atoms with Crippen LogP contribution in [-0.2, 0) is 4.79 Å². The number of carbonyl (C=O) groups excluding carboxylic acids is 2. The first-order valence-electron chi connectivity index (χ1n) is 11.8. The highest BCUT2D eigenvalue weighted by molar-refractivity contribution is 6.02. The number of likely N-dealkylation sites (tertiary alicyclic amines) is 1. The largest absolute Gasteiger partial charge is 0.454 e. The molecule has 0 radical (unpaired) electrons. The molecule has 2 aromatic carbocycles. The zero-order valence-corrected chi connectivity index (χ0v) is 19.6. The van der Waals surface area contributed by atoms with E-state index in [1.54, 1.807) is 18.4 Å². The Kier molecular flexibility index (Phi) is 5.09. The SMILES string of the molecule is CC(=O)N1CCC(c2nc(-c3ccc4c(c3)OCO4)c(-c3cn(C(C)=O)c4ccccc34)o2)CC1. The minimum atomic E-state index is -0.0755. The molecule has 0 atom stereocenters. The van der Waals surface area contributed by atoms with Crippen molar-refractivity contribution in [3.05, 3.63) is 54.6 Å². The summed E-state index contributed by atoms with van der Waals surface area (Å²) >= 11 is 0. The number of ether oxygens (including phenoxy) is 2. The van der Waals surface area contributed by atoms with Crippen LogP contribution in [-0.4, -0.2) is 46.1 Å². The summed E-state index contributed by atoms with van der Waals surface area (Å²) in [5.74, 6) is 2.75. The standard InChI is InChI=1S/C27H25N3O5/c1-16(31)29-11-9-18(10-12-29)27-28-25(19-7-8-23-24(13-19)34-15-33-23)26(35-27)21-14-30(17(2)32)22-6-4-3-5-20(21)22/h3-8,13-14,18H,9-12,15H2,1-2H3. The smallest absolute Gasteiger partial charge is 0.231 e. The lowest BCUT2D eigenvalue weighted by Gasteiger charge is -2.29. The minimum Gasteiger partial charge on any atom is -0.454 e. The molecule has 0 aliphatic carbocycles. The number of fused-ring (bicyclic) bond motifs is 2. The molecule has 0 N–H and O–H groups in total. The van der Waals surface area contributed by atoms with E-state index < -0.39 is 0 Å². The lowest BCUT2D eigenvalue weighted by Crippen LogP contribution is -2.36. The zero-order valence-electron chi connectivity index (χ0n) is 19.6. The quantitative estimate of drug-likeness (QED) is 0.414. The summed E-state index contributed by atoms with van der Waals surface area (Å²) in [6, 6.07) is 13.5. The Balaban J connectivity index is 1.49. The molecule has 8 nitrogen and oxygen atoms in total. The first-order valence-corrected chi connectivity index (χ1v) is 11.8. The molecule has 1 amide bonds. The molecule has 0 unspecified atom stereocenters. The van der Waals surface area contributed by atoms with Crippen molar-refractivity contribution in [2.75, 3.05) is 19.9 Å². The summed E-state index contributed by atoms with van der Waals surface area (Å²) in [6.07, 6.45) is 3.40. The molecular weight excluding hydrogens is 446 g/mol. The molecule has 35 heavy (non-hydrogen) atoms. The van der Waals surface area contributed by atoms with Gasteiger partial charge in [-0.15, -0.1) is 0 Å². The van der Waals surface area contributed by atoms with Gasteiger partial charge in [-0.3, -0.25) is 14.2 Å². The van der Waals surface area contributed by atoms with E-state index in [1.807, 2.05) is 53.6 Å². The van der Waals surface area contributed by atoms with E-state index >= 15 is 0 Å². The van der Waals surface area contributed by atoms with Gasteiger partial charge >= 0.3 is 0 Å². The number of hydrogen-bond donors (Lipinski definition) is 0. The van der Waals surface area contributed by atoms with Crippen LogP contribution in [0.4, 0.5) is 0 Å². The maximum absolute atomic E-state index is 12.4. The Labute approximate surface area is 202 Å². The molecule has 0 spiro atoms. The highest BCUT2D eigenvalue weighted by atomic mass is 16.7. The molecule has 0 saturated carbocycles. The van der Waals surface area contributed by atoms with Gasteiger partial charge in [0.1, 0.15) is 5.69 Å². The fourth-order valence-electron chi connectivity index (χ4n) is 5.00. The van der Waals surface area contributed by atoms with Crippen LogP contribution in [0.2, 0.25) is 0 Å². The maximum atomic E-state index is 12.4. The van der Waals surface area contributed by atoms with Gasteiger partial charge in [0.2, 0.25) is 18.6 Å². The van der Waals surface area contributed by atoms with Gasteiger partial charge < -0.3 is 18.8 Å². The van der Waals surface area contributed by atoms with E-state index in [0.717, 1.165) is 34.9 Å². The molecule has 0 bridgehead atoms. The fourth-order valence-corrected chi connectivity index (χ4v) is 5.00. The second kappa shape index (κ2) is 8.30. The summed E-state index contributed by atoms with van der Waals surface area (Å²) in [5.41, 5.74) is 3.17. The molecule has 8 heteroatoms. The Hall–Kier alpha value is -4.07. The predicted molar refractivity (Wildman–Crippen MR) is 130 cm³/mol. The van der Waals surface area contributed by atoms with Gasteiger partial charge in [-0.05, 0) is 37.1 Å². The van der Waals surface area contributed by atoms with Gasteiger partial charge in [-0.25, -0.2) is 4.98 Å². The van der Waals surface area contributed by atoms with Crippen LogP contribution in [0.15, 0.2) is 53.1 Å². The number of nitrogens with zero attached hydrogens (tertiary/aromatic N) is 3. The molecule has 1 fully saturated rings. The average Bonchev–Trinajstić information content (AvgIpc) is 3.60. The first kappa shape index (κ1) is 21.5. The third-order valence-corrected chi connectivity index (χ3v) is 6.88.